The first-order chi connectivity index (χ1) is 8.24. The normalized spacial score (nSPS) is 20.3. The van der Waals surface area contributed by atoms with Crippen LogP contribution in [0.4, 0.5) is 5.13 Å². The van der Waals surface area contributed by atoms with Crippen LogP contribution in [0.5, 0.6) is 0 Å². The van der Waals surface area contributed by atoms with Crippen molar-refractivity contribution in [3.8, 4) is 6.07 Å². The topological polar surface area (TPSA) is 49.1 Å². The monoisotopic (exact) mass is 251 g/mol. The van der Waals surface area contributed by atoms with Gasteiger partial charge in [0.25, 0.3) is 0 Å². The maximum absolute atomic E-state index is 9.06. The van der Waals surface area contributed by atoms with Crippen molar-refractivity contribution >= 4 is 16.5 Å². The van der Waals surface area contributed by atoms with Crippen LogP contribution < -0.4 is 4.90 Å². The first kappa shape index (κ1) is 12.3. The van der Waals surface area contributed by atoms with Gasteiger partial charge in [-0.15, -0.1) is 0 Å². The second-order valence-electron chi connectivity index (χ2n) is 4.51. The molecule has 1 aliphatic heterocycles. The molecule has 0 aliphatic carbocycles. The van der Waals surface area contributed by atoms with Crippen molar-refractivity contribution in [1.29, 1.82) is 5.26 Å². The number of anilines is 1. The van der Waals surface area contributed by atoms with Gasteiger partial charge in [-0.25, -0.2) is 4.98 Å². The molecule has 1 aliphatic rings. The molecule has 0 bridgehead atoms. The molecular weight excluding hydrogens is 234 g/mol. The van der Waals surface area contributed by atoms with Gasteiger partial charge < -0.3 is 9.64 Å². The maximum Gasteiger partial charge on any atom is 0.186 e. The fraction of sp³-hybridized carbons (Fsp3) is 0.667. The van der Waals surface area contributed by atoms with Crippen LogP contribution in [0.25, 0.3) is 0 Å². The summed E-state index contributed by atoms with van der Waals surface area (Å²) in [6, 6.07) is 2.20. The zero-order valence-electron chi connectivity index (χ0n) is 10.3. The average molecular weight is 251 g/mol. The van der Waals surface area contributed by atoms with Crippen LogP contribution in [0.15, 0.2) is 0 Å². The van der Waals surface area contributed by atoms with Crippen LogP contribution in [-0.2, 0) is 11.3 Å². The van der Waals surface area contributed by atoms with E-state index < -0.39 is 0 Å². The molecule has 2 rings (SSSR count). The Kier molecular flexibility index (Phi) is 3.97. The van der Waals surface area contributed by atoms with E-state index in [1.54, 1.807) is 7.11 Å². The standard InChI is InChI=1S/C12H17N3OS/c1-9-4-3-5-15(7-9)12-14-10(8-16-2)11(6-13)17-12/h9H,3-5,7-8H2,1-2H3. The van der Waals surface area contributed by atoms with Crippen LogP contribution in [0.1, 0.15) is 30.3 Å². The highest BCUT2D eigenvalue weighted by atomic mass is 32.1. The Morgan fingerprint density at radius 1 is 1.65 bits per heavy atom. The van der Waals surface area contributed by atoms with Crippen molar-refractivity contribution in [3.63, 3.8) is 0 Å². The van der Waals surface area contributed by atoms with E-state index in [4.69, 9.17) is 10.00 Å². The molecule has 5 heteroatoms. The molecule has 4 nitrogen and oxygen atoms in total. The lowest BCUT2D eigenvalue weighted by molar-refractivity contribution is 0.182. The number of aromatic nitrogens is 1. The third-order valence-electron chi connectivity index (χ3n) is 3.00. The minimum absolute atomic E-state index is 0.419. The van der Waals surface area contributed by atoms with Gasteiger partial charge in [0, 0.05) is 20.2 Å². The van der Waals surface area contributed by atoms with Gasteiger partial charge in [0.1, 0.15) is 10.9 Å². The highest BCUT2D eigenvalue weighted by molar-refractivity contribution is 7.16. The molecule has 17 heavy (non-hydrogen) atoms. The number of ether oxygens (including phenoxy) is 1. The third-order valence-corrected chi connectivity index (χ3v) is 4.06. The van der Waals surface area contributed by atoms with E-state index in [0.717, 1.165) is 23.9 Å². The smallest absolute Gasteiger partial charge is 0.186 e. The minimum Gasteiger partial charge on any atom is -0.378 e. The molecule has 0 spiro atoms. The SMILES string of the molecule is COCc1nc(N2CCCC(C)C2)sc1C#N. The predicted molar refractivity (Wildman–Crippen MR) is 68.2 cm³/mol. The number of rotatable bonds is 3. The molecule has 1 atom stereocenters. The van der Waals surface area contributed by atoms with Crippen LogP contribution >= 0.6 is 11.3 Å². The number of nitriles is 1. The second kappa shape index (κ2) is 5.48. The van der Waals surface area contributed by atoms with E-state index in [1.165, 1.54) is 24.2 Å². The van der Waals surface area contributed by atoms with E-state index in [0.29, 0.717) is 17.4 Å². The van der Waals surface area contributed by atoms with E-state index >= 15 is 0 Å². The zero-order chi connectivity index (χ0) is 12.3. The molecule has 1 fully saturated rings. The van der Waals surface area contributed by atoms with Crippen molar-refractivity contribution in [3.05, 3.63) is 10.6 Å². The van der Waals surface area contributed by atoms with E-state index in [1.807, 2.05) is 0 Å². The van der Waals surface area contributed by atoms with Gasteiger partial charge in [0.15, 0.2) is 5.13 Å². The summed E-state index contributed by atoms with van der Waals surface area (Å²) in [5.41, 5.74) is 0.772. The van der Waals surface area contributed by atoms with Crippen LogP contribution in [0, 0.1) is 17.2 Å². The number of thiazole rings is 1. The minimum atomic E-state index is 0.419. The molecule has 2 heterocycles. The van der Waals surface area contributed by atoms with Crippen molar-refractivity contribution < 1.29 is 4.74 Å². The number of hydrogen-bond donors (Lipinski definition) is 0. The number of piperidine rings is 1. The van der Waals surface area contributed by atoms with Gasteiger partial charge in [0.05, 0.1) is 12.3 Å². The maximum atomic E-state index is 9.06. The summed E-state index contributed by atoms with van der Waals surface area (Å²) in [4.78, 5) is 7.50. The van der Waals surface area contributed by atoms with Crippen molar-refractivity contribution in [2.45, 2.75) is 26.4 Å². The zero-order valence-corrected chi connectivity index (χ0v) is 11.1. The van der Waals surface area contributed by atoms with Crippen molar-refractivity contribution in [2.24, 2.45) is 5.92 Å². The molecule has 0 saturated carbocycles. The Hall–Kier alpha value is -1.12. The third kappa shape index (κ3) is 2.76. The van der Waals surface area contributed by atoms with Crippen molar-refractivity contribution in [1.82, 2.24) is 4.98 Å². The van der Waals surface area contributed by atoms with Crippen LogP contribution in [0.3, 0.4) is 0 Å². The Morgan fingerprint density at radius 3 is 3.12 bits per heavy atom. The lowest BCUT2D eigenvalue weighted by atomic mass is 10.0. The number of nitrogens with zero attached hydrogens (tertiary/aromatic N) is 3. The number of methoxy groups -OCH3 is 1. The van der Waals surface area contributed by atoms with Gasteiger partial charge in [-0.2, -0.15) is 5.26 Å². The summed E-state index contributed by atoms with van der Waals surface area (Å²) in [6.45, 7) is 4.78. The first-order valence-corrected chi connectivity index (χ1v) is 6.70. The highest BCUT2D eigenvalue weighted by Gasteiger charge is 2.21. The van der Waals surface area contributed by atoms with Gasteiger partial charge in [0.2, 0.25) is 0 Å². The van der Waals surface area contributed by atoms with Gasteiger partial charge >= 0.3 is 0 Å². The molecule has 0 radical (unpaired) electrons. The van der Waals surface area contributed by atoms with Gasteiger partial charge in [-0.1, -0.05) is 18.3 Å². The predicted octanol–water partition coefficient (Wildman–Crippen LogP) is 2.40. The summed E-state index contributed by atoms with van der Waals surface area (Å²) in [5, 5.41) is 10.0. The molecule has 1 unspecified atom stereocenters. The van der Waals surface area contributed by atoms with Crippen molar-refractivity contribution in [2.75, 3.05) is 25.1 Å². The largest absolute Gasteiger partial charge is 0.378 e. The Balaban J connectivity index is 2.18. The quantitative estimate of drug-likeness (QED) is 0.827. The fourth-order valence-electron chi connectivity index (χ4n) is 2.16. The Bertz CT molecular complexity index is 424. The Labute approximate surface area is 106 Å². The van der Waals surface area contributed by atoms with E-state index in [-0.39, 0.29) is 0 Å². The molecule has 0 amide bonds. The molecular formula is C12H17N3OS. The van der Waals surface area contributed by atoms with Gasteiger partial charge in [-0.3, -0.25) is 0 Å². The first-order valence-electron chi connectivity index (χ1n) is 5.88. The number of hydrogen-bond acceptors (Lipinski definition) is 5. The second-order valence-corrected chi connectivity index (χ2v) is 5.49. The lowest BCUT2D eigenvalue weighted by Gasteiger charge is -2.30. The van der Waals surface area contributed by atoms with Crippen LogP contribution in [0.2, 0.25) is 0 Å². The molecule has 1 aromatic rings. The van der Waals surface area contributed by atoms with Crippen LogP contribution in [-0.4, -0.2) is 25.2 Å². The molecule has 0 aromatic carbocycles. The summed E-state index contributed by atoms with van der Waals surface area (Å²) >= 11 is 1.48. The van der Waals surface area contributed by atoms with E-state index in [9.17, 15) is 0 Å². The molecule has 1 aromatic heterocycles. The molecule has 1 saturated heterocycles. The Morgan fingerprint density at radius 2 is 2.47 bits per heavy atom. The highest BCUT2D eigenvalue weighted by Crippen LogP contribution is 2.29. The van der Waals surface area contributed by atoms with E-state index in [2.05, 4.69) is 22.9 Å². The summed E-state index contributed by atoms with van der Waals surface area (Å²) < 4.78 is 5.07. The summed E-state index contributed by atoms with van der Waals surface area (Å²) in [5.74, 6) is 0.712. The fourth-order valence-corrected chi connectivity index (χ4v) is 3.06. The van der Waals surface area contributed by atoms with Gasteiger partial charge in [-0.05, 0) is 18.8 Å². The molecule has 92 valence electrons. The summed E-state index contributed by atoms with van der Waals surface area (Å²) in [6.07, 6.45) is 2.50. The lowest BCUT2D eigenvalue weighted by Crippen LogP contribution is -2.34. The summed E-state index contributed by atoms with van der Waals surface area (Å²) in [7, 11) is 1.63. The molecule has 0 N–H and O–H groups in total. The average Bonchev–Trinajstić information content (AvgIpc) is 2.73.